The number of benzene rings is 2. The Hall–Kier alpha value is -2.09. The highest BCUT2D eigenvalue weighted by Crippen LogP contribution is 2.51. The van der Waals surface area contributed by atoms with E-state index in [2.05, 4.69) is 26.0 Å². The Bertz CT molecular complexity index is 671. The van der Waals surface area contributed by atoms with Gasteiger partial charge in [-0.1, -0.05) is 56.3 Å². The van der Waals surface area contributed by atoms with Crippen molar-refractivity contribution in [2.45, 2.75) is 32.6 Å². The highest BCUT2D eigenvalue weighted by molar-refractivity contribution is 5.98. The summed E-state index contributed by atoms with van der Waals surface area (Å²) < 4.78 is 5.25. The molecule has 0 N–H and O–H groups in total. The van der Waals surface area contributed by atoms with Crippen molar-refractivity contribution in [3.63, 3.8) is 0 Å². The normalized spacial score (nSPS) is 22.7. The van der Waals surface area contributed by atoms with E-state index in [1.807, 2.05) is 42.5 Å². The van der Waals surface area contributed by atoms with E-state index in [1.165, 1.54) is 5.56 Å². The van der Waals surface area contributed by atoms with Gasteiger partial charge in [0.1, 0.15) is 5.75 Å². The number of hydrogen-bond acceptors (Lipinski definition) is 2. The third kappa shape index (κ3) is 3.31. The average Bonchev–Trinajstić information content (AvgIpc) is 2.91. The first kappa shape index (κ1) is 15.8. The Morgan fingerprint density at radius 1 is 1.00 bits per heavy atom. The maximum atomic E-state index is 13.0. The Labute approximate surface area is 138 Å². The summed E-state index contributed by atoms with van der Waals surface area (Å²) in [6, 6.07) is 17.9. The number of ketones is 1. The van der Waals surface area contributed by atoms with Gasteiger partial charge in [-0.05, 0) is 41.9 Å². The fourth-order valence-electron chi connectivity index (χ4n) is 3.85. The summed E-state index contributed by atoms with van der Waals surface area (Å²) in [6.07, 6.45) is 1.99. The standard InChI is InChI=1S/C21H24O2/c1-21(2)13-18(15-9-11-17(23-3)12-10-15)19(14-21)20(22)16-7-5-4-6-8-16/h4-12,18-19H,13-14H2,1-3H3/t18-,19+/m1/s1. The molecule has 1 aliphatic rings. The molecule has 0 spiro atoms. The van der Waals surface area contributed by atoms with E-state index in [0.717, 1.165) is 24.2 Å². The second-order valence-electron chi connectivity index (χ2n) is 7.29. The van der Waals surface area contributed by atoms with Crippen molar-refractivity contribution >= 4 is 5.78 Å². The lowest BCUT2D eigenvalue weighted by atomic mass is 9.84. The summed E-state index contributed by atoms with van der Waals surface area (Å²) in [5.41, 5.74) is 2.26. The van der Waals surface area contributed by atoms with Crippen LogP contribution < -0.4 is 4.74 Å². The number of hydrogen-bond donors (Lipinski definition) is 0. The second-order valence-corrected chi connectivity index (χ2v) is 7.29. The molecule has 120 valence electrons. The fourth-order valence-corrected chi connectivity index (χ4v) is 3.85. The molecule has 2 atom stereocenters. The Balaban J connectivity index is 1.91. The Kier molecular flexibility index (Phi) is 4.25. The van der Waals surface area contributed by atoms with E-state index in [-0.39, 0.29) is 23.0 Å². The fraction of sp³-hybridized carbons (Fsp3) is 0.381. The maximum Gasteiger partial charge on any atom is 0.166 e. The van der Waals surface area contributed by atoms with Crippen LogP contribution in [-0.2, 0) is 0 Å². The van der Waals surface area contributed by atoms with E-state index in [9.17, 15) is 4.79 Å². The number of Topliss-reactive ketones (excluding diaryl/α,β-unsaturated/α-hetero) is 1. The predicted octanol–water partition coefficient (Wildman–Crippen LogP) is 5.10. The summed E-state index contributed by atoms with van der Waals surface area (Å²) in [7, 11) is 1.68. The minimum atomic E-state index is 0.0563. The van der Waals surface area contributed by atoms with Crippen LogP contribution in [0.5, 0.6) is 5.75 Å². The first-order chi connectivity index (χ1) is 11.0. The van der Waals surface area contributed by atoms with Gasteiger partial charge in [0.15, 0.2) is 5.78 Å². The molecule has 1 saturated carbocycles. The van der Waals surface area contributed by atoms with Crippen LogP contribution in [0.1, 0.15) is 48.5 Å². The third-order valence-electron chi connectivity index (χ3n) is 4.97. The molecule has 1 fully saturated rings. The number of carbonyl (C=O) groups excluding carboxylic acids is 1. The highest BCUT2D eigenvalue weighted by Gasteiger charge is 2.43. The lowest BCUT2D eigenvalue weighted by Crippen LogP contribution is -2.18. The van der Waals surface area contributed by atoms with Gasteiger partial charge in [0, 0.05) is 11.5 Å². The second kappa shape index (κ2) is 6.19. The Morgan fingerprint density at radius 2 is 1.65 bits per heavy atom. The minimum absolute atomic E-state index is 0.0563. The number of carbonyl (C=O) groups is 1. The van der Waals surface area contributed by atoms with E-state index in [0.29, 0.717) is 0 Å². The number of rotatable bonds is 4. The van der Waals surface area contributed by atoms with Crippen molar-refractivity contribution in [1.29, 1.82) is 0 Å². The molecule has 0 heterocycles. The summed E-state index contributed by atoms with van der Waals surface area (Å²) >= 11 is 0. The van der Waals surface area contributed by atoms with Gasteiger partial charge in [0.25, 0.3) is 0 Å². The maximum absolute atomic E-state index is 13.0. The summed E-state index contributed by atoms with van der Waals surface area (Å²) in [5.74, 6) is 1.47. The molecule has 0 radical (unpaired) electrons. The molecule has 2 aromatic carbocycles. The zero-order valence-corrected chi connectivity index (χ0v) is 14.1. The van der Waals surface area contributed by atoms with Gasteiger partial charge >= 0.3 is 0 Å². The largest absolute Gasteiger partial charge is 0.497 e. The molecule has 2 aromatic rings. The Morgan fingerprint density at radius 3 is 2.26 bits per heavy atom. The lowest BCUT2D eigenvalue weighted by molar-refractivity contribution is 0.0905. The van der Waals surface area contributed by atoms with E-state index >= 15 is 0 Å². The molecule has 0 aliphatic heterocycles. The van der Waals surface area contributed by atoms with Gasteiger partial charge in [-0.3, -0.25) is 4.79 Å². The smallest absolute Gasteiger partial charge is 0.166 e. The van der Waals surface area contributed by atoms with Crippen LogP contribution in [-0.4, -0.2) is 12.9 Å². The van der Waals surface area contributed by atoms with Gasteiger partial charge < -0.3 is 4.74 Å². The third-order valence-corrected chi connectivity index (χ3v) is 4.97. The van der Waals surface area contributed by atoms with Gasteiger partial charge in [0.2, 0.25) is 0 Å². The summed E-state index contributed by atoms with van der Waals surface area (Å²) in [6.45, 7) is 4.53. The topological polar surface area (TPSA) is 26.3 Å². The SMILES string of the molecule is COc1ccc([C@H]2CC(C)(C)C[C@@H]2C(=O)c2ccccc2)cc1. The molecule has 3 rings (SSSR count). The quantitative estimate of drug-likeness (QED) is 0.735. The lowest BCUT2D eigenvalue weighted by Gasteiger charge is -2.19. The van der Waals surface area contributed by atoms with Gasteiger partial charge in [-0.15, -0.1) is 0 Å². The van der Waals surface area contributed by atoms with E-state index in [1.54, 1.807) is 7.11 Å². The van der Waals surface area contributed by atoms with Crippen LogP contribution in [0.15, 0.2) is 54.6 Å². The van der Waals surface area contributed by atoms with Crippen molar-refractivity contribution in [3.8, 4) is 5.75 Å². The molecular weight excluding hydrogens is 284 g/mol. The van der Waals surface area contributed by atoms with Crippen molar-refractivity contribution in [3.05, 3.63) is 65.7 Å². The molecule has 0 amide bonds. The molecule has 2 nitrogen and oxygen atoms in total. The molecule has 0 unspecified atom stereocenters. The van der Waals surface area contributed by atoms with Crippen molar-refractivity contribution < 1.29 is 9.53 Å². The van der Waals surface area contributed by atoms with Crippen molar-refractivity contribution in [2.75, 3.05) is 7.11 Å². The van der Waals surface area contributed by atoms with E-state index in [4.69, 9.17) is 4.74 Å². The number of ether oxygens (including phenoxy) is 1. The summed E-state index contributed by atoms with van der Waals surface area (Å²) in [4.78, 5) is 13.0. The van der Waals surface area contributed by atoms with Gasteiger partial charge in [0.05, 0.1) is 7.11 Å². The monoisotopic (exact) mass is 308 g/mol. The van der Waals surface area contributed by atoms with Gasteiger partial charge in [-0.25, -0.2) is 0 Å². The van der Waals surface area contributed by atoms with Crippen LogP contribution in [0.4, 0.5) is 0 Å². The number of methoxy groups -OCH3 is 1. The van der Waals surface area contributed by atoms with Crippen LogP contribution in [0.25, 0.3) is 0 Å². The van der Waals surface area contributed by atoms with Crippen LogP contribution >= 0.6 is 0 Å². The molecule has 1 aliphatic carbocycles. The first-order valence-electron chi connectivity index (χ1n) is 8.23. The predicted molar refractivity (Wildman–Crippen MR) is 93.0 cm³/mol. The van der Waals surface area contributed by atoms with Crippen LogP contribution in [0.3, 0.4) is 0 Å². The minimum Gasteiger partial charge on any atom is -0.497 e. The molecule has 2 heteroatoms. The zero-order valence-electron chi connectivity index (χ0n) is 14.1. The molecular formula is C21H24O2. The zero-order chi connectivity index (χ0) is 16.4. The molecule has 0 bridgehead atoms. The van der Waals surface area contributed by atoms with E-state index < -0.39 is 0 Å². The highest BCUT2D eigenvalue weighted by atomic mass is 16.5. The first-order valence-corrected chi connectivity index (χ1v) is 8.23. The molecule has 23 heavy (non-hydrogen) atoms. The molecule has 0 aromatic heterocycles. The van der Waals surface area contributed by atoms with Crippen molar-refractivity contribution in [2.24, 2.45) is 11.3 Å². The van der Waals surface area contributed by atoms with Crippen molar-refractivity contribution in [1.82, 2.24) is 0 Å². The molecule has 0 saturated heterocycles. The van der Waals surface area contributed by atoms with Crippen LogP contribution in [0, 0.1) is 11.3 Å². The average molecular weight is 308 g/mol. The van der Waals surface area contributed by atoms with Crippen LogP contribution in [0.2, 0.25) is 0 Å². The van der Waals surface area contributed by atoms with Gasteiger partial charge in [-0.2, -0.15) is 0 Å². The summed E-state index contributed by atoms with van der Waals surface area (Å²) in [5, 5.41) is 0.